The Morgan fingerprint density at radius 1 is 1.48 bits per heavy atom. The van der Waals surface area contributed by atoms with Crippen molar-refractivity contribution in [1.82, 2.24) is 15.0 Å². The summed E-state index contributed by atoms with van der Waals surface area (Å²) in [6.45, 7) is 2.11. The van der Waals surface area contributed by atoms with Gasteiger partial charge in [0.25, 0.3) is 0 Å². The summed E-state index contributed by atoms with van der Waals surface area (Å²) in [5.74, 6) is 0.275. The average molecular weight is 311 g/mol. The van der Waals surface area contributed by atoms with Crippen LogP contribution in [0.4, 0.5) is 0 Å². The van der Waals surface area contributed by atoms with E-state index in [4.69, 9.17) is 0 Å². The van der Waals surface area contributed by atoms with Crippen LogP contribution < -0.4 is 10.0 Å². The molecule has 1 aromatic heterocycles. The fourth-order valence-electron chi connectivity index (χ4n) is 2.19. The molecule has 0 bridgehead atoms. The molecule has 0 saturated heterocycles. The van der Waals surface area contributed by atoms with Crippen LogP contribution in [0.3, 0.4) is 0 Å². The summed E-state index contributed by atoms with van der Waals surface area (Å²) >= 11 is 0. The molecule has 1 saturated carbocycles. The molecule has 0 unspecified atom stereocenters. The predicted octanol–water partition coefficient (Wildman–Crippen LogP) is 0.897. The van der Waals surface area contributed by atoms with Crippen molar-refractivity contribution in [1.29, 1.82) is 0 Å². The molecule has 1 atom stereocenters. The largest absolute Gasteiger partial charge is 0.347 e. The Morgan fingerprint density at radius 2 is 2.19 bits per heavy atom. The minimum Gasteiger partial charge on any atom is -0.347 e. The number of aromatic nitrogens is 1. The van der Waals surface area contributed by atoms with Crippen LogP contribution in [0.2, 0.25) is 0 Å². The van der Waals surface area contributed by atoms with E-state index in [2.05, 4.69) is 15.0 Å². The van der Waals surface area contributed by atoms with Gasteiger partial charge in [-0.3, -0.25) is 9.78 Å². The highest BCUT2D eigenvalue weighted by Crippen LogP contribution is 2.40. The number of sulfonamides is 1. The van der Waals surface area contributed by atoms with Gasteiger partial charge in [0.2, 0.25) is 15.9 Å². The zero-order valence-corrected chi connectivity index (χ0v) is 13.1. The van der Waals surface area contributed by atoms with Crippen LogP contribution in [0.5, 0.6) is 0 Å². The summed E-state index contributed by atoms with van der Waals surface area (Å²) in [5, 5.41) is 2.97. The smallest absolute Gasteiger partial charge is 0.221 e. The normalized spacial score (nSPS) is 16.5. The van der Waals surface area contributed by atoms with Crippen molar-refractivity contribution in [3.63, 3.8) is 0 Å². The molecule has 116 valence electrons. The van der Waals surface area contributed by atoms with Crippen LogP contribution in [-0.2, 0) is 14.8 Å². The molecular formula is C14H21N3O3S. The summed E-state index contributed by atoms with van der Waals surface area (Å²) in [7, 11) is -3.25. The first-order valence-electron chi connectivity index (χ1n) is 7.02. The first-order chi connectivity index (χ1) is 9.85. The third-order valence-corrected chi connectivity index (χ3v) is 4.11. The number of hydrogen-bond acceptors (Lipinski definition) is 4. The lowest BCUT2D eigenvalue weighted by Gasteiger charge is -2.18. The van der Waals surface area contributed by atoms with Crippen LogP contribution in [0.25, 0.3) is 0 Å². The number of hydrogen-bond donors (Lipinski definition) is 2. The Bertz CT molecular complexity index is 612. The number of carbonyl (C=O) groups excluding carboxylic acids is 1. The minimum absolute atomic E-state index is 0.0735. The van der Waals surface area contributed by atoms with Gasteiger partial charge in [0, 0.05) is 19.2 Å². The molecule has 21 heavy (non-hydrogen) atoms. The molecule has 1 amide bonds. The van der Waals surface area contributed by atoms with E-state index >= 15 is 0 Å². The second-order valence-electron chi connectivity index (χ2n) is 5.56. The monoisotopic (exact) mass is 311 g/mol. The predicted molar refractivity (Wildman–Crippen MR) is 80.0 cm³/mol. The Hall–Kier alpha value is -1.47. The van der Waals surface area contributed by atoms with Gasteiger partial charge in [-0.05, 0) is 43.4 Å². The summed E-state index contributed by atoms with van der Waals surface area (Å²) in [6.07, 6.45) is 5.12. The van der Waals surface area contributed by atoms with Crippen molar-refractivity contribution in [2.75, 3.05) is 12.8 Å². The zero-order valence-electron chi connectivity index (χ0n) is 12.3. The molecule has 2 N–H and O–H groups in total. The maximum absolute atomic E-state index is 12.0. The summed E-state index contributed by atoms with van der Waals surface area (Å²) in [6, 6.07) is 3.83. The maximum atomic E-state index is 12.0. The van der Waals surface area contributed by atoms with Gasteiger partial charge in [-0.15, -0.1) is 0 Å². The van der Waals surface area contributed by atoms with E-state index in [0.717, 1.165) is 30.4 Å². The van der Waals surface area contributed by atoms with Crippen molar-refractivity contribution in [3.05, 3.63) is 29.6 Å². The highest BCUT2D eigenvalue weighted by molar-refractivity contribution is 7.88. The number of nitrogens with zero attached hydrogens (tertiary/aromatic N) is 1. The van der Waals surface area contributed by atoms with Crippen LogP contribution in [-0.4, -0.2) is 32.1 Å². The van der Waals surface area contributed by atoms with Crippen molar-refractivity contribution in [2.24, 2.45) is 5.92 Å². The average Bonchev–Trinajstić information content (AvgIpc) is 3.18. The molecule has 0 radical (unpaired) electrons. The highest BCUT2D eigenvalue weighted by Gasteiger charge is 2.34. The van der Waals surface area contributed by atoms with E-state index in [1.807, 2.05) is 19.1 Å². The molecule has 0 aromatic carbocycles. The quantitative estimate of drug-likeness (QED) is 0.783. The lowest BCUT2D eigenvalue weighted by molar-refractivity contribution is -0.121. The lowest BCUT2D eigenvalue weighted by atomic mass is 10.1. The Morgan fingerprint density at radius 3 is 2.76 bits per heavy atom. The Labute approximate surface area is 125 Å². The molecule has 1 aliphatic carbocycles. The molecule has 0 aliphatic heterocycles. The first kappa shape index (κ1) is 15.9. The van der Waals surface area contributed by atoms with E-state index in [-0.39, 0.29) is 24.9 Å². The Balaban J connectivity index is 1.93. The fourth-order valence-corrected chi connectivity index (χ4v) is 2.66. The SMILES string of the molecule is Cc1ccnc([C@@H](NC(=O)CCNS(C)(=O)=O)C2CC2)c1. The molecule has 6 nitrogen and oxygen atoms in total. The van der Waals surface area contributed by atoms with Crippen LogP contribution in [0.15, 0.2) is 18.3 Å². The van der Waals surface area contributed by atoms with Crippen molar-refractivity contribution in [3.8, 4) is 0 Å². The van der Waals surface area contributed by atoms with E-state index in [1.165, 1.54) is 0 Å². The fraction of sp³-hybridized carbons (Fsp3) is 0.571. The molecule has 1 aliphatic rings. The van der Waals surface area contributed by atoms with E-state index in [1.54, 1.807) is 6.20 Å². The number of pyridine rings is 1. The van der Waals surface area contributed by atoms with Gasteiger partial charge >= 0.3 is 0 Å². The van der Waals surface area contributed by atoms with Crippen molar-refractivity contribution in [2.45, 2.75) is 32.2 Å². The Kier molecular flexibility index (Phi) is 4.95. The molecule has 1 fully saturated rings. The van der Waals surface area contributed by atoms with Gasteiger partial charge < -0.3 is 5.32 Å². The highest BCUT2D eigenvalue weighted by atomic mass is 32.2. The lowest BCUT2D eigenvalue weighted by Crippen LogP contribution is -2.33. The second kappa shape index (κ2) is 6.53. The minimum atomic E-state index is -3.25. The number of aryl methyl sites for hydroxylation is 1. The molecule has 2 rings (SSSR count). The molecule has 0 spiro atoms. The van der Waals surface area contributed by atoms with E-state index < -0.39 is 10.0 Å². The summed E-state index contributed by atoms with van der Waals surface area (Å²) < 4.78 is 24.2. The van der Waals surface area contributed by atoms with E-state index in [0.29, 0.717) is 5.92 Å². The number of rotatable bonds is 7. The second-order valence-corrected chi connectivity index (χ2v) is 7.39. The van der Waals surface area contributed by atoms with Gasteiger partial charge in [-0.1, -0.05) is 0 Å². The van der Waals surface area contributed by atoms with Gasteiger partial charge in [0.15, 0.2) is 0 Å². The van der Waals surface area contributed by atoms with Crippen molar-refractivity contribution >= 4 is 15.9 Å². The first-order valence-corrected chi connectivity index (χ1v) is 8.91. The topological polar surface area (TPSA) is 88.2 Å². The van der Waals surface area contributed by atoms with Crippen LogP contribution in [0, 0.1) is 12.8 Å². The van der Waals surface area contributed by atoms with Crippen LogP contribution in [0.1, 0.15) is 36.6 Å². The number of nitrogens with one attached hydrogen (secondary N) is 2. The third-order valence-electron chi connectivity index (χ3n) is 3.38. The summed E-state index contributed by atoms with van der Waals surface area (Å²) in [4.78, 5) is 16.3. The molecule has 1 aromatic rings. The third kappa shape index (κ3) is 5.43. The molecule has 7 heteroatoms. The van der Waals surface area contributed by atoms with Gasteiger partial charge in [0.05, 0.1) is 18.0 Å². The maximum Gasteiger partial charge on any atom is 0.221 e. The van der Waals surface area contributed by atoms with Gasteiger partial charge in [-0.25, -0.2) is 13.1 Å². The number of carbonyl (C=O) groups is 1. The molecular weight excluding hydrogens is 290 g/mol. The van der Waals surface area contributed by atoms with Crippen LogP contribution >= 0.6 is 0 Å². The number of amides is 1. The van der Waals surface area contributed by atoms with E-state index in [9.17, 15) is 13.2 Å². The van der Waals surface area contributed by atoms with Gasteiger partial charge in [0.1, 0.15) is 0 Å². The zero-order chi connectivity index (χ0) is 15.5. The van der Waals surface area contributed by atoms with Gasteiger partial charge in [-0.2, -0.15) is 0 Å². The summed E-state index contributed by atoms with van der Waals surface area (Å²) in [5.41, 5.74) is 1.99. The molecule has 1 heterocycles. The standard InChI is InChI=1S/C14H21N3O3S/c1-10-5-7-15-12(9-10)14(11-3-4-11)17-13(18)6-8-16-21(2,19)20/h5,7,9,11,14,16H,3-4,6,8H2,1-2H3,(H,17,18)/t14-/m0/s1. The van der Waals surface area contributed by atoms with Crippen molar-refractivity contribution < 1.29 is 13.2 Å².